The van der Waals surface area contributed by atoms with E-state index >= 15 is 0 Å². The maximum absolute atomic E-state index is 12.3. The number of carbonyl (C=O) groups is 2. The molecule has 6 heteroatoms. The first-order valence-electron chi connectivity index (χ1n) is 10.8. The van der Waals surface area contributed by atoms with Crippen LogP contribution in [0, 0.1) is 0 Å². The van der Waals surface area contributed by atoms with E-state index in [0.717, 1.165) is 24.3 Å². The zero-order valence-corrected chi connectivity index (χ0v) is 18.3. The molecule has 0 aliphatic heterocycles. The first kappa shape index (κ1) is 22.9. The van der Waals surface area contributed by atoms with Gasteiger partial charge in [0, 0.05) is 29.9 Å². The molecular formula is C26H29N3O3. The number of benzene rings is 3. The Bertz CT molecular complexity index is 1000. The third-order valence-corrected chi connectivity index (χ3v) is 4.72. The van der Waals surface area contributed by atoms with Gasteiger partial charge in [-0.05, 0) is 54.4 Å². The normalized spacial score (nSPS) is 10.3. The van der Waals surface area contributed by atoms with Gasteiger partial charge < -0.3 is 20.7 Å². The second-order valence-corrected chi connectivity index (χ2v) is 7.39. The molecule has 32 heavy (non-hydrogen) atoms. The fraction of sp³-hybridized carbons (Fsp3) is 0.231. The van der Waals surface area contributed by atoms with Crippen LogP contribution in [0.4, 0.5) is 17.1 Å². The van der Waals surface area contributed by atoms with E-state index in [-0.39, 0.29) is 18.4 Å². The van der Waals surface area contributed by atoms with Gasteiger partial charge in [0.1, 0.15) is 5.75 Å². The van der Waals surface area contributed by atoms with Crippen LogP contribution in [-0.4, -0.2) is 25.0 Å². The van der Waals surface area contributed by atoms with Crippen molar-refractivity contribution in [1.29, 1.82) is 0 Å². The Morgan fingerprint density at radius 2 is 1.50 bits per heavy atom. The molecule has 0 atom stereocenters. The van der Waals surface area contributed by atoms with Gasteiger partial charge in [0.05, 0.1) is 13.2 Å². The molecule has 3 rings (SSSR count). The molecule has 0 heterocycles. The summed E-state index contributed by atoms with van der Waals surface area (Å²) in [5.41, 5.74) is 3.40. The predicted molar refractivity (Wildman–Crippen MR) is 129 cm³/mol. The predicted octanol–water partition coefficient (Wildman–Crippen LogP) is 5.10. The molecule has 3 aromatic carbocycles. The van der Waals surface area contributed by atoms with Crippen LogP contribution >= 0.6 is 0 Å². The maximum atomic E-state index is 12.3. The van der Waals surface area contributed by atoms with Crippen molar-refractivity contribution >= 4 is 28.9 Å². The zero-order chi connectivity index (χ0) is 22.6. The number of carbonyl (C=O) groups excluding carboxylic acids is 2. The minimum Gasteiger partial charge on any atom is -0.493 e. The van der Waals surface area contributed by atoms with Gasteiger partial charge in [-0.1, -0.05) is 43.3 Å². The number of ether oxygens (including phenoxy) is 1. The third-order valence-electron chi connectivity index (χ3n) is 4.72. The van der Waals surface area contributed by atoms with E-state index in [1.165, 1.54) is 5.56 Å². The molecule has 0 bridgehead atoms. The van der Waals surface area contributed by atoms with Crippen LogP contribution in [0.15, 0.2) is 78.9 Å². The van der Waals surface area contributed by atoms with Crippen molar-refractivity contribution in [2.24, 2.45) is 0 Å². The molecule has 0 saturated carbocycles. The summed E-state index contributed by atoms with van der Waals surface area (Å²) < 4.78 is 5.77. The number of rotatable bonds is 11. The average molecular weight is 432 g/mol. The minimum atomic E-state index is -0.164. The van der Waals surface area contributed by atoms with E-state index in [1.807, 2.05) is 73.7 Å². The van der Waals surface area contributed by atoms with Crippen molar-refractivity contribution in [2.45, 2.75) is 26.2 Å². The van der Waals surface area contributed by atoms with Crippen LogP contribution in [0.1, 0.15) is 25.3 Å². The molecule has 0 aliphatic carbocycles. The maximum Gasteiger partial charge on any atom is 0.243 e. The Hall–Kier alpha value is -3.80. The summed E-state index contributed by atoms with van der Waals surface area (Å²) in [6.07, 6.45) is 2.12. The van der Waals surface area contributed by atoms with Crippen molar-refractivity contribution < 1.29 is 14.3 Å². The second-order valence-electron chi connectivity index (χ2n) is 7.39. The Labute approximate surface area is 189 Å². The van der Waals surface area contributed by atoms with Gasteiger partial charge >= 0.3 is 0 Å². The Kier molecular flexibility index (Phi) is 8.69. The lowest BCUT2D eigenvalue weighted by Crippen LogP contribution is -2.21. The van der Waals surface area contributed by atoms with Gasteiger partial charge in [-0.2, -0.15) is 0 Å². The molecule has 0 unspecified atom stereocenters. The molecule has 3 N–H and O–H groups in total. The highest BCUT2D eigenvalue weighted by atomic mass is 16.5. The summed E-state index contributed by atoms with van der Waals surface area (Å²) in [6, 6.07) is 24.8. The summed E-state index contributed by atoms with van der Waals surface area (Å²) in [5.74, 6) is 0.581. The Morgan fingerprint density at radius 3 is 2.25 bits per heavy atom. The van der Waals surface area contributed by atoms with E-state index < -0.39 is 0 Å². The smallest absolute Gasteiger partial charge is 0.243 e. The van der Waals surface area contributed by atoms with E-state index in [4.69, 9.17) is 4.74 Å². The first-order valence-corrected chi connectivity index (χ1v) is 10.8. The van der Waals surface area contributed by atoms with Gasteiger partial charge in [-0.3, -0.25) is 9.59 Å². The van der Waals surface area contributed by atoms with Gasteiger partial charge in [0.15, 0.2) is 0 Å². The van der Waals surface area contributed by atoms with Crippen molar-refractivity contribution in [3.8, 4) is 5.75 Å². The lowest BCUT2D eigenvalue weighted by atomic mass is 10.2. The Balaban J connectivity index is 1.41. The van der Waals surface area contributed by atoms with Crippen LogP contribution in [0.3, 0.4) is 0 Å². The van der Waals surface area contributed by atoms with E-state index in [9.17, 15) is 9.59 Å². The van der Waals surface area contributed by atoms with Gasteiger partial charge in [-0.15, -0.1) is 0 Å². The molecule has 0 radical (unpaired) electrons. The van der Waals surface area contributed by atoms with Crippen LogP contribution in [0.5, 0.6) is 5.75 Å². The second kappa shape index (κ2) is 12.2. The third kappa shape index (κ3) is 7.80. The highest BCUT2D eigenvalue weighted by Gasteiger charge is 2.05. The fourth-order valence-corrected chi connectivity index (χ4v) is 3.11. The first-order chi connectivity index (χ1) is 15.6. The van der Waals surface area contributed by atoms with Crippen LogP contribution in [-0.2, 0) is 16.0 Å². The zero-order valence-electron chi connectivity index (χ0n) is 18.3. The molecule has 0 aliphatic rings. The van der Waals surface area contributed by atoms with Crippen molar-refractivity contribution in [3.63, 3.8) is 0 Å². The minimum absolute atomic E-state index is 0.0186. The number of anilines is 3. The summed E-state index contributed by atoms with van der Waals surface area (Å²) in [5, 5.41) is 8.78. The molecule has 6 nitrogen and oxygen atoms in total. The highest BCUT2D eigenvalue weighted by molar-refractivity contribution is 5.94. The molecule has 3 aromatic rings. The van der Waals surface area contributed by atoms with Gasteiger partial charge in [0.25, 0.3) is 0 Å². The summed E-state index contributed by atoms with van der Waals surface area (Å²) >= 11 is 0. The molecular weight excluding hydrogens is 402 g/mol. The fourth-order valence-electron chi connectivity index (χ4n) is 3.11. The molecule has 2 amide bonds. The lowest BCUT2D eigenvalue weighted by Gasteiger charge is -2.11. The molecule has 0 aromatic heterocycles. The van der Waals surface area contributed by atoms with Crippen molar-refractivity contribution in [2.75, 3.05) is 29.1 Å². The molecule has 0 saturated heterocycles. The average Bonchev–Trinajstić information content (AvgIpc) is 2.80. The monoisotopic (exact) mass is 431 g/mol. The summed E-state index contributed by atoms with van der Waals surface area (Å²) in [7, 11) is 0. The largest absolute Gasteiger partial charge is 0.493 e. The number of hydrogen-bond donors (Lipinski definition) is 3. The van der Waals surface area contributed by atoms with Gasteiger partial charge in [-0.25, -0.2) is 0 Å². The summed E-state index contributed by atoms with van der Waals surface area (Å²) in [4.78, 5) is 24.0. The highest BCUT2D eigenvalue weighted by Crippen LogP contribution is 2.17. The van der Waals surface area contributed by atoms with Crippen molar-refractivity contribution in [1.82, 2.24) is 0 Å². The summed E-state index contributed by atoms with van der Waals surface area (Å²) in [6.45, 7) is 2.67. The van der Waals surface area contributed by atoms with E-state index in [1.54, 1.807) is 0 Å². The van der Waals surface area contributed by atoms with E-state index in [0.29, 0.717) is 24.4 Å². The van der Waals surface area contributed by atoms with Crippen molar-refractivity contribution in [3.05, 3.63) is 84.4 Å². The van der Waals surface area contributed by atoms with Crippen LogP contribution in [0.25, 0.3) is 0 Å². The molecule has 166 valence electrons. The number of hydrogen-bond acceptors (Lipinski definition) is 4. The Morgan fingerprint density at radius 1 is 0.781 bits per heavy atom. The van der Waals surface area contributed by atoms with Crippen LogP contribution in [0.2, 0.25) is 0 Å². The molecule has 0 fully saturated rings. The van der Waals surface area contributed by atoms with Crippen LogP contribution < -0.4 is 20.7 Å². The quantitative estimate of drug-likeness (QED) is 0.395. The van der Waals surface area contributed by atoms with E-state index in [2.05, 4.69) is 28.1 Å². The van der Waals surface area contributed by atoms with Gasteiger partial charge in [0.2, 0.25) is 11.8 Å². The lowest BCUT2D eigenvalue weighted by molar-refractivity contribution is -0.116. The standard InChI is InChI=1S/C26H29N3O3/c1-2-7-25(30)29-23-11-6-10-22(18-23)27-19-26(31)28-21-12-14-24(15-13-21)32-17-16-20-8-4-3-5-9-20/h3-6,8-15,18,27H,2,7,16-17,19H2,1H3,(H,28,31)(H,29,30). The molecule has 0 spiro atoms. The number of amides is 2. The SMILES string of the molecule is CCCC(=O)Nc1cccc(NCC(=O)Nc2ccc(OCCc3ccccc3)cc2)c1. The number of nitrogens with one attached hydrogen (secondary N) is 3. The topological polar surface area (TPSA) is 79.5 Å².